The van der Waals surface area contributed by atoms with E-state index in [1.165, 1.54) is 11.9 Å². The lowest BCUT2D eigenvalue weighted by atomic mass is 10.1. The molecule has 1 aromatic rings. The Morgan fingerprint density at radius 1 is 1.16 bits per heavy atom. The van der Waals surface area contributed by atoms with Gasteiger partial charge in [-0.25, -0.2) is 0 Å². The molecule has 134 valence electrons. The van der Waals surface area contributed by atoms with E-state index in [0.29, 0.717) is 0 Å². The van der Waals surface area contributed by atoms with Gasteiger partial charge in [-0.05, 0) is 31.0 Å². The average Bonchev–Trinajstić information content (AvgIpc) is 2.87. The van der Waals surface area contributed by atoms with Crippen LogP contribution < -0.4 is 5.32 Å². The molecule has 0 bridgehead atoms. The molecule has 7 heteroatoms. The highest BCUT2D eigenvalue weighted by atomic mass is 16.2. The van der Waals surface area contributed by atoms with Crippen LogP contribution in [0.2, 0.25) is 0 Å². The van der Waals surface area contributed by atoms with Crippen molar-refractivity contribution >= 4 is 29.3 Å². The van der Waals surface area contributed by atoms with E-state index in [-0.39, 0.29) is 56.0 Å². The van der Waals surface area contributed by atoms with Crippen LogP contribution in [0.1, 0.15) is 30.4 Å². The predicted molar refractivity (Wildman–Crippen MR) is 92.8 cm³/mol. The molecule has 7 nitrogen and oxygen atoms in total. The minimum atomic E-state index is -0.294. The number of carbonyl (C=O) groups is 4. The second-order valence-corrected chi connectivity index (χ2v) is 6.31. The number of carbonyl (C=O) groups excluding carboxylic acids is 4. The molecule has 1 saturated heterocycles. The maximum atomic E-state index is 12.1. The number of nitrogens with zero attached hydrogens (tertiary/aromatic N) is 2. The first-order chi connectivity index (χ1) is 11.8. The lowest BCUT2D eigenvalue weighted by molar-refractivity contribution is -0.140. The van der Waals surface area contributed by atoms with E-state index in [1.54, 1.807) is 0 Å². The Balaban J connectivity index is 1.83. The number of nitrogens with one attached hydrogen (secondary N) is 1. The molecule has 25 heavy (non-hydrogen) atoms. The molecule has 1 aliphatic heterocycles. The SMILES string of the molecule is Cc1ccc(C)c(NC(=O)CN(C)C(=O)CCN2C(=O)CCC2=O)c1. The first-order valence-electron chi connectivity index (χ1n) is 8.22. The van der Waals surface area contributed by atoms with Gasteiger partial charge in [-0.15, -0.1) is 0 Å². The molecule has 2 rings (SSSR count). The smallest absolute Gasteiger partial charge is 0.243 e. The number of aryl methyl sites for hydroxylation is 2. The van der Waals surface area contributed by atoms with Gasteiger partial charge >= 0.3 is 0 Å². The van der Waals surface area contributed by atoms with Crippen molar-refractivity contribution in [2.75, 3.05) is 25.5 Å². The molecule has 1 fully saturated rings. The zero-order valence-corrected chi connectivity index (χ0v) is 14.8. The van der Waals surface area contributed by atoms with Crippen molar-refractivity contribution in [1.29, 1.82) is 0 Å². The molecule has 1 aliphatic rings. The molecule has 0 aliphatic carbocycles. The summed E-state index contributed by atoms with van der Waals surface area (Å²) in [5.41, 5.74) is 2.70. The quantitative estimate of drug-likeness (QED) is 0.786. The molecular formula is C18H23N3O4. The minimum absolute atomic E-state index is 0.0186. The van der Waals surface area contributed by atoms with Crippen LogP contribution in [-0.4, -0.2) is 53.6 Å². The summed E-state index contributed by atoms with van der Waals surface area (Å²) in [5, 5.41) is 2.80. The van der Waals surface area contributed by atoms with Gasteiger partial charge in [-0.3, -0.25) is 24.1 Å². The molecule has 0 atom stereocenters. The van der Waals surface area contributed by atoms with Crippen LogP contribution in [0.5, 0.6) is 0 Å². The highest BCUT2D eigenvalue weighted by molar-refractivity contribution is 6.02. The van der Waals surface area contributed by atoms with Crippen molar-refractivity contribution in [1.82, 2.24) is 9.80 Å². The van der Waals surface area contributed by atoms with Gasteiger partial charge in [0.1, 0.15) is 0 Å². The van der Waals surface area contributed by atoms with E-state index >= 15 is 0 Å². The fourth-order valence-electron chi connectivity index (χ4n) is 2.63. The molecule has 0 unspecified atom stereocenters. The number of anilines is 1. The lowest BCUT2D eigenvalue weighted by Crippen LogP contribution is -2.38. The lowest BCUT2D eigenvalue weighted by Gasteiger charge is -2.19. The summed E-state index contributed by atoms with van der Waals surface area (Å²) in [6.07, 6.45) is 0.437. The van der Waals surface area contributed by atoms with Crippen LogP contribution in [0.15, 0.2) is 18.2 Å². The molecular weight excluding hydrogens is 322 g/mol. The van der Waals surface area contributed by atoms with E-state index in [4.69, 9.17) is 0 Å². The van der Waals surface area contributed by atoms with Crippen LogP contribution in [-0.2, 0) is 19.2 Å². The molecule has 0 aromatic heterocycles. The second kappa shape index (κ2) is 7.92. The summed E-state index contributed by atoms with van der Waals surface area (Å²) < 4.78 is 0. The zero-order chi connectivity index (χ0) is 18.6. The molecule has 1 aromatic carbocycles. The van der Waals surface area contributed by atoms with Crippen molar-refractivity contribution in [3.63, 3.8) is 0 Å². The summed E-state index contributed by atoms with van der Waals surface area (Å²) in [6, 6.07) is 5.76. The van der Waals surface area contributed by atoms with Gasteiger partial charge in [0.05, 0.1) is 6.54 Å². The van der Waals surface area contributed by atoms with Crippen molar-refractivity contribution in [2.24, 2.45) is 0 Å². The van der Waals surface area contributed by atoms with Crippen molar-refractivity contribution in [3.05, 3.63) is 29.3 Å². The number of amides is 4. The number of hydrogen-bond acceptors (Lipinski definition) is 4. The third-order valence-electron chi connectivity index (χ3n) is 4.18. The maximum absolute atomic E-state index is 12.1. The number of hydrogen-bond donors (Lipinski definition) is 1. The summed E-state index contributed by atoms with van der Waals surface area (Å²) in [6.45, 7) is 3.81. The van der Waals surface area contributed by atoms with Crippen LogP contribution >= 0.6 is 0 Å². The van der Waals surface area contributed by atoms with Gasteiger partial charge in [0.2, 0.25) is 23.6 Å². The molecule has 4 amide bonds. The largest absolute Gasteiger partial charge is 0.336 e. The number of rotatable bonds is 6. The van der Waals surface area contributed by atoms with Crippen molar-refractivity contribution < 1.29 is 19.2 Å². The number of benzene rings is 1. The van der Waals surface area contributed by atoms with Crippen LogP contribution in [0.4, 0.5) is 5.69 Å². The Labute approximate surface area is 147 Å². The second-order valence-electron chi connectivity index (χ2n) is 6.31. The van der Waals surface area contributed by atoms with E-state index in [1.807, 2.05) is 32.0 Å². The standard InChI is InChI=1S/C18H23N3O4/c1-12-4-5-13(2)14(10-12)19-15(22)11-20(3)16(23)8-9-21-17(24)6-7-18(21)25/h4-5,10H,6-9,11H2,1-3H3,(H,19,22). The predicted octanol–water partition coefficient (Wildman–Crippen LogP) is 1.24. The zero-order valence-electron chi connectivity index (χ0n) is 14.8. The monoisotopic (exact) mass is 345 g/mol. The Morgan fingerprint density at radius 3 is 2.44 bits per heavy atom. The van der Waals surface area contributed by atoms with Gasteiger partial charge in [0, 0.05) is 38.5 Å². The number of imide groups is 1. The topological polar surface area (TPSA) is 86.8 Å². The summed E-state index contributed by atoms with van der Waals surface area (Å²) in [5.74, 6) is -1.07. The third kappa shape index (κ3) is 4.89. The first-order valence-corrected chi connectivity index (χ1v) is 8.22. The van der Waals surface area contributed by atoms with Gasteiger partial charge < -0.3 is 10.2 Å². The average molecular weight is 345 g/mol. The first kappa shape index (κ1) is 18.6. The van der Waals surface area contributed by atoms with Crippen LogP contribution in [0, 0.1) is 13.8 Å². The maximum Gasteiger partial charge on any atom is 0.243 e. The fourth-order valence-corrected chi connectivity index (χ4v) is 2.63. The van der Waals surface area contributed by atoms with E-state index in [0.717, 1.165) is 21.7 Å². The van der Waals surface area contributed by atoms with Gasteiger partial charge in [0.15, 0.2) is 0 Å². The Kier molecular flexibility index (Phi) is 5.90. The summed E-state index contributed by atoms with van der Waals surface area (Å²) >= 11 is 0. The Bertz CT molecular complexity index is 698. The molecule has 0 saturated carbocycles. The highest BCUT2D eigenvalue weighted by Crippen LogP contribution is 2.16. The van der Waals surface area contributed by atoms with Gasteiger partial charge in [0.25, 0.3) is 0 Å². The minimum Gasteiger partial charge on any atom is -0.336 e. The molecule has 1 N–H and O–H groups in total. The van der Waals surface area contributed by atoms with E-state index in [9.17, 15) is 19.2 Å². The number of likely N-dealkylation sites (N-methyl/N-ethyl adjacent to an activating group) is 1. The highest BCUT2D eigenvalue weighted by Gasteiger charge is 2.29. The fraction of sp³-hybridized carbons (Fsp3) is 0.444. The van der Waals surface area contributed by atoms with Crippen LogP contribution in [0.25, 0.3) is 0 Å². The molecule has 0 radical (unpaired) electrons. The van der Waals surface area contributed by atoms with Crippen LogP contribution in [0.3, 0.4) is 0 Å². The third-order valence-corrected chi connectivity index (χ3v) is 4.18. The summed E-state index contributed by atoms with van der Waals surface area (Å²) in [4.78, 5) is 49.7. The van der Waals surface area contributed by atoms with Crippen molar-refractivity contribution in [3.8, 4) is 0 Å². The number of likely N-dealkylation sites (tertiary alicyclic amines) is 1. The van der Waals surface area contributed by atoms with Gasteiger partial charge in [-0.2, -0.15) is 0 Å². The Morgan fingerprint density at radius 2 is 1.80 bits per heavy atom. The van der Waals surface area contributed by atoms with E-state index in [2.05, 4.69) is 5.32 Å². The van der Waals surface area contributed by atoms with E-state index < -0.39 is 0 Å². The molecule has 1 heterocycles. The van der Waals surface area contributed by atoms with Gasteiger partial charge in [-0.1, -0.05) is 12.1 Å². The molecule has 0 spiro atoms. The normalized spacial score (nSPS) is 14.0. The van der Waals surface area contributed by atoms with Crippen molar-refractivity contribution in [2.45, 2.75) is 33.1 Å². The summed E-state index contributed by atoms with van der Waals surface area (Å²) in [7, 11) is 1.53. The Hall–Kier alpha value is -2.70.